The average Bonchev–Trinajstić information content (AvgIpc) is 2.38. The highest BCUT2D eigenvalue weighted by Gasteiger charge is 2.04. The number of allylic oxidation sites excluding steroid dienone is 1. The molecule has 1 heteroatoms. The Bertz CT molecular complexity index is 187. The summed E-state index contributed by atoms with van der Waals surface area (Å²) in [6.07, 6.45) is 4.59. The summed E-state index contributed by atoms with van der Waals surface area (Å²) in [7, 11) is 0. The van der Waals surface area contributed by atoms with E-state index >= 15 is 0 Å². The summed E-state index contributed by atoms with van der Waals surface area (Å²) in [5.74, 6) is 1.51. The van der Waals surface area contributed by atoms with Crippen molar-refractivity contribution in [1.29, 1.82) is 0 Å². The van der Waals surface area contributed by atoms with Crippen molar-refractivity contribution in [2.45, 2.75) is 19.3 Å². The Kier molecular flexibility index (Phi) is 2.32. The van der Waals surface area contributed by atoms with Gasteiger partial charge in [0.1, 0.15) is 5.76 Å². The van der Waals surface area contributed by atoms with E-state index in [0.717, 1.165) is 12.2 Å². The van der Waals surface area contributed by atoms with E-state index in [0.29, 0.717) is 5.92 Å². The molecular formula is C9H12O. The highest BCUT2D eigenvalue weighted by atomic mass is 16.3. The normalized spacial score (nSPS) is 12.9. The maximum absolute atomic E-state index is 5.20. The molecule has 0 saturated carbocycles. The Morgan fingerprint density at radius 1 is 1.80 bits per heavy atom. The van der Waals surface area contributed by atoms with Gasteiger partial charge in [-0.1, -0.05) is 13.0 Å². The van der Waals surface area contributed by atoms with E-state index in [1.54, 1.807) is 6.26 Å². The van der Waals surface area contributed by atoms with E-state index in [1.807, 2.05) is 18.2 Å². The monoisotopic (exact) mass is 136 g/mol. The SMILES string of the molecule is C=CCC(C)c1ccco1. The maximum Gasteiger partial charge on any atom is 0.106 e. The minimum absolute atomic E-state index is 0.465. The van der Waals surface area contributed by atoms with Crippen LogP contribution in [0.25, 0.3) is 0 Å². The van der Waals surface area contributed by atoms with Gasteiger partial charge in [0.05, 0.1) is 6.26 Å². The first-order chi connectivity index (χ1) is 4.84. The third-order valence-electron chi connectivity index (χ3n) is 1.55. The summed E-state index contributed by atoms with van der Waals surface area (Å²) in [4.78, 5) is 0. The fourth-order valence-electron chi connectivity index (χ4n) is 0.938. The Morgan fingerprint density at radius 2 is 2.60 bits per heavy atom. The zero-order chi connectivity index (χ0) is 7.40. The van der Waals surface area contributed by atoms with Crippen LogP contribution < -0.4 is 0 Å². The third kappa shape index (κ3) is 1.50. The molecule has 1 nitrogen and oxygen atoms in total. The molecule has 0 bridgehead atoms. The Morgan fingerprint density at radius 3 is 3.10 bits per heavy atom. The van der Waals surface area contributed by atoms with Crippen LogP contribution in [0.1, 0.15) is 25.0 Å². The van der Waals surface area contributed by atoms with Gasteiger partial charge in [-0.3, -0.25) is 0 Å². The predicted molar refractivity (Wildman–Crippen MR) is 41.9 cm³/mol. The van der Waals surface area contributed by atoms with Gasteiger partial charge in [0.25, 0.3) is 0 Å². The van der Waals surface area contributed by atoms with Crippen LogP contribution in [0, 0.1) is 0 Å². The van der Waals surface area contributed by atoms with Crippen molar-refractivity contribution < 1.29 is 4.42 Å². The van der Waals surface area contributed by atoms with Gasteiger partial charge in [-0.2, -0.15) is 0 Å². The lowest BCUT2D eigenvalue weighted by Gasteiger charge is -2.02. The topological polar surface area (TPSA) is 13.1 Å². The Labute approximate surface area is 61.4 Å². The van der Waals surface area contributed by atoms with Gasteiger partial charge in [0, 0.05) is 5.92 Å². The molecule has 1 rings (SSSR count). The molecule has 1 unspecified atom stereocenters. The molecule has 1 aromatic heterocycles. The van der Waals surface area contributed by atoms with E-state index in [-0.39, 0.29) is 0 Å². The molecule has 0 amide bonds. The van der Waals surface area contributed by atoms with Crippen molar-refractivity contribution in [3.63, 3.8) is 0 Å². The minimum Gasteiger partial charge on any atom is -0.469 e. The molecule has 54 valence electrons. The fraction of sp³-hybridized carbons (Fsp3) is 0.333. The molecule has 0 radical (unpaired) electrons. The summed E-state index contributed by atoms with van der Waals surface area (Å²) in [5, 5.41) is 0. The van der Waals surface area contributed by atoms with Gasteiger partial charge < -0.3 is 4.42 Å². The second-order valence-electron chi connectivity index (χ2n) is 2.44. The van der Waals surface area contributed by atoms with Crippen LogP contribution in [0.3, 0.4) is 0 Å². The number of rotatable bonds is 3. The summed E-state index contributed by atoms with van der Waals surface area (Å²) in [5.41, 5.74) is 0. The third-order valence-corrected chi connectivity index (χ3v) is 1.55. The molecule has 0 fully saturated rings. The molecule has 0 N–H and O–H groups in total. The van der Waals surface area contributed by atoms with Crippen molar-refractivity contribution >= 4 is 0 Å². The van der Waals surface area contributed by atoms with E-state index in [4.69, 9.17) is 4.42 Å². The van der Waals surface area contributed by atoms with E-state index < -0.39 is 0 Å². The van der Waals surface area contributed by atoms with E-state index in [1.165, 1.54) is 0 Å². The van der Waals surface area contributed by atoms with Crippen molar-refractivity contribution in [1.82, 2.24) is 0 Å². The first-order valence-corrected chi connectivity index (χ1v) is 3.49. The minimum atomic E-state index is 0.465. The highest BCUT2D eigenvalue weighted by molar-refractivity contribution is 5.05. The van der Waals surface area contributed by atoms with Crippen molar-refractivity contribution in [3.05, 3.63) is 36.8 Å². The van der Waals surface area contributed by atoms with Crippen LogP contribution >= 0.6 is 0 Å². The molecule has 0 saturated heterocycles. The molecule has 10 heavy (non-hydrogen) atoms. The summed E-state index contributed by atoms with van der Waals surface area (Å²) in [6.45, 7) is 5.79. The molecule has 0 aliphatic heterocycles. The lowest BCUT2D eigenvalue weighted by atomic mass is 10.1. The number of furan rings is 1. The predicted octanol–water partition coefficient (Wildman–Crippen LogP) is 2.96. The van der Waals surface area contributed by atoms with Gasteiger partial charge in [-0.25, -0.2) is 0 Å². The Hall–Kier alpha value is -0.980. The summed E-state index contributed by atoms with van der Waals surface area (Å²) < 4.78 is 5.20. The van der Waals surface area contributed by atoms with E-state index in [2.05, 4.69) is 13.5 Å². The molecule has 1 aromatic rings. The van der Waals surface area contributed by atoms with Crippen LogP contribution in [0.5, 0.6) is 0 Å². The fourth-order valence-corrected chi connectivity index (χ4v) is 0.938. The molecule has 0 spiro atoms. The lowest BCUT2D eigenvalue weighted by Crippen LogP contribution is -1.86. The van der Waals surface area contributed by atoms with Gasteiger partial charge in [0.15, 0.2) is 0 Å². The highest BCUT2D eigenvalue weighted by Crippen LogP contribution is 2.18. The van der Waals surface area contributed by atoms with Gasteiger partial charge >= 0.3 is 0 Å². The standard InChI is InChI=1S/C9H12O/c1-3-5-8(2)9-6-4-7-10-9/h3-4,6-8H,1,5H2,2H3. The second kappa shape index (κ2) is 3.25. The zero-order valence-electron chi connectivity index (χ0n) is 6.21. The summed E-state index contributed by atoms with van der Waals surface area (Å²) >= 11 is 0. The first kappa shape index (κ1) is 7.13. The van der Waals surface area contributed by atoms with Crippen molar-refractivity contribution in [3.8, 4) is 0 Å². The van der Waals surface area contributed by atoms with Crippen molar-refractivity contribution in [2.24, 2.45) is 0 Å². The van der Waals surface area contributed by atoms with Crippen LogP contribution in [-0.2, 0) is 0 Å². The average molecular weight is 136 g/mol. The van der Waals surface area contributed by atoms with Gasteiger partial charge in [-0.15, -0.1) is 6.58 Å². The first-order valence-electron chi connectivity index (χ1n) is 3.49. The molecule has 1 atom stereocenters. The van der Waals surface area contributed by atoms with Crippen LogP contribution in [0.2, 0.25) is 0 Å². The maximum atomic E-state index is 5.20. The zero-order valence-corrected chi connectivity index (χ0v) is 6.21. The molecule has 0 aromatic carbocycles. The van der Waals surface area contributed by atoms with Crippen molar-refractivity contribution in [2.75, 3.05) is 0 Å². The van der Waals surface area contributed by atoms with Crippen LogP contribution in [-0.4, -0.2) is 0 Å². The number of hydrogen-bond donors (Lipinski definition) is 0. The molecule has 1 heterocycles. The second-order valence-corrected chi connectivity index (χ2v) is 2.44. The lowest BCUT2D eigenvalue weighted by molar-refractivity contribution is 0.476. The molecule has 0 aliphatic rings. The number of hydrogen-bond acceptors (Lipinski definition) is 1. The van der Waals surface area contributed by atoms with Crippen LogP contribution in [0.4, 0.5) is 0 Å². The quantitative estimate of drug-likeness (QED) is 0.582. The molecular weight excluding hydrogens is 124 g/mol. The smallest absolute Gasteiger partial charge is 0.106 e. The molecule has 0 aliphatic carbocycles. The summed E-state index contributed by atoms with van der Waals surface area (Å²) in [6, 6.07) is 3.91. The van der Waals surface area contributed by atoms with Gasteiger partial charge in [0.2, 0.25) is 0 Å². The van der Waals surface area contributed by atoms with E-state index in [9.17, 15) is 0 Å². The van der Waals surface area contributed by atoms with Gasteiger partial charge in [-0.05, 0) is 18.6 Å². The largest absolute Gasteiger partial charge is 0.469 e. The Balaban J connectivity index is 2.58. The van der Waals surface area contributed by atoms with Crippen LogP contribution in [0.15, 0.2) is 35.5 Å².